The van der Waals surface area contributed by atoms with E-state index in [0.29, 0.717) is 29.8 Å². The molecule has 3 atom stereocenters. The molecule has 2 aromatic heterocycles. The number of oxazole rings is 1. The molecule has 0 saturated heterocycles. The average molecular weight is 465 g/mol. The molecule has 3 N–H and O–H groups in total. The lowest BCUT2D eigenvalue weighted by Gasteiger charge is -2.22. The van der Waals surface area contributed by atoms with Gasteiger partial charge in [0.1, 0.15) is 17.5 Å². The summed E-state index contributed by atoms with van der Waals surface area (Å²) in [6.07, 6.45) is 7.91. The Bertz CT molecular complexity index is 1020. The third kappa shape index (κ3) is 6.32. The summed E-state index contributed by atoms with van der Waals surface area (Å²) in [5.41, 5.74) is 1.74. The van der Waals surface area contributed by atoms with Gasteiger partial charge < -0.3 is 20.0 Å². The van der Waals surface area contributed by atoms with Crippen LogP contribution in [0.4, 0.5) is 0 Å². The van der Waals surface area contributed by atoms with Gasteiger partial charge in [-0.25, -0.2) is 4.98 Å². The van der Waals surface area contributed by atoms with Crippen molar-refractivity contribution < 1.29 is 14.0 Å². The highest BCUT2D eigenvalue weighted by Crippen LogP contribution is 2.44. The molecule has 1 aliphatic carbocycles. The van der Waals surface area contributed by atoms with E-state index in [0.717, 1.165) is 25.9 Å². The Morgan fingerprint density at radius 1 is 1.24 bits per heavy atom. The predicted molar refractivity (Wildman–Crippen MR) is 127 cm³/mol. The van der Waals surface area contributed by atoms with Crippen molar-refractivity contribution in [3.63, 3.8) is 0 Å². The number of carbonyl (C=O) groups excluding carboxylic acids is 2. The minimum atomic E-state index is -0.646. The van der Waals surface area contributed by atoms with E-state index in [1.54, 1.807) is 12.3 Å². The maximum absolute atomic E-state index is 12.8. The number of carbonyl (C=O) groups is 2. The van der Waals surface area contributed by atoms with Gasteiger partial charge >= 0.3 is 0 Å². The number of amides is 2. The number of aromatic amines is 1. The third-order valence-corrected chi connectivity index (χ3v) is 6.34. The summed E-state index contributed by atoms with van der Waals surface area (Å²) in [6.45, 7) is 4.41. The number of nitrogens with one attached hydrogen (secondary N) is 3. The van der Waals surface area contributed by atoms with Crippen molar-refractivity contribution in [2.75, 3.05) is 13.1 Å². The average Bonchev–Trinajstić information content (AvgIpc) is 3.24. The van der Waals surface area contributed by atoms with E-state index in [2.05, 4.69) is 68.0 Å². The number of nitrogens with zero attached hydrogens (tertiary/aromatic N) is 3. The minimum absolute atomic E-state index is 0.224. The third-order valence-electron chi connectivity index (χ3n) is 6.34. The van der Waals surface area contributed by atoms with Crippen molar-refractivity contribution in [2.45, 2.75) is 57.2 Å². The van der Waals surface area contributed by atoms with Crippen LogP contribution in [0.1, 0.15) is 60.3 Å². The lowest BCUT2D eigenvalue weighted by atomic mass is 10.1. The first-order valence-corrected chi connectivity index (χ1v) is 11.9. The summed E-state index contributed by atoms with van der Waals surface area (Å²) >= 11 is 0. The van der Waals surface area contributed by atoms with Gasteiger partial charge in [0.15, 0.2) is 6.39 Å². The molecule has 2 heterocycles. The summed E-state index contributed by atoms with van der Waals surface area (Å²) in [5, 5.41) is 12.1. The lowest BCUT2D eigenvalue weighted by molar-refractivity contribution is -0.123. The van der Waals surface area contributed by atoms with Gasteiger partial charge in [0.05, 0.1) is 12.7 Å². The molecule has 0 aliphatic heterocycles. The maximum Gasteiger partial charge on any atom is 0.269 e. The Kier molecular flexibility index (Phi) is 8.08. The molecule has 3 unspecified atom stereocenters. The van der Waals surface area contributed by atoms with Crippen molar-refractivity contribution in [2.24, 2.45) is 0 Å². The van der Waals surface area contributed by atoms with Gasteiger partial charge in [-0.3, -0.25) is 14.7 Å². The Morgan fingerprint density at radius 3 is 2.79 bits per heavy atom. The van der Waals surface area contributed by atoms with Gasteiger partial charge in [-0.15, -0.1) is 0 Å². The number of aromatic nitrogens is 3. The Morgan fingerprint density at radius 2 is 2.09 bits per heavy atom. The molecule has 3 aromatic rings. The van der Waals surface area contributed by atoms with Crippen LogP contribution in [0.2, 0.25) is 0 Å². The first-order valence-electron chi connectivity index (χ1n) is 11.9. The first kappa shape index (κ1) is 23.7. The molecule has 9 heteroatoms. The Labute approximate surface area is 199 Å². The second kappa shape index (κ2) is 11.6. The van der Waals surface area contributed by atoms with E-state index in [9.17, 15) is 9.59 Å². The fourth-order valence-electron chi connectivity index (χ4n) is 4.38. The number of H-pyrrole nitrogens is 1. The fraction of sp³-hybridized carbons (Fsp3) is 0.440. The summed E-state index contributed by atoms with van der Waals surface area (Å²) in [7, 11) is 0. The van der Waals surface area contributed by atoms with Crippen LogP contribution in [0.3, 0.4) is 0 Å². The smallest absolute Gasteiger partial charge is 0.269 e. The lowest BCUT2D eigenvalue weighted by Crippen LogP contribution is -2.46. The number of unbranched alkanes of at least 4 members (excludes halogenated alkanes) is 1. The van der Waals surface area contributed by atoms with Gasteiger partial charge in [0.2, 0.25) is 5.91 Å². The molecule has 0 radical (unpaired) electrons. The Balaban J connectivity index is 1.27. The van der Waals surface area contributed by atoms with Crippen LogP contribution in [0, 0.1) is 0 Å². The number of rotatable bonds is 13. The molecule has 4 rings (SSSR count). The molecule has 34 heavy (non-hydrogen) atoms. The second-order valence-electron chi connectivity index (χ2n) is 8.63. The molecular formula is C25H32N6O3. The second-order valence-corrected chi connectivity index (χ2v) is 8.63. The predicted octanol–water partition coefficient (Wildman–Crippen LogP) is 2.86. The van der Waals surface area contributed by atoms with Crippen LogP contribution in [-0.2, 0) is 11.3 Å². The van der Waals surface area contributed by atoms with Crippen LogP contribution in [0.15, 0.2) is 59.6 Å². The zero-order valence-electron chi connectivity index (χ0n) is 19.4. The van der Waals surface area contributed by atoms with Crippen LogP contribution in [0.5, 0.6) is 0 Å². The van der Waals surface area contributed by atoms with Crippen molar-refractivity contribution in [3.05, 3.63) is 72.2 Å². The van der Waals surface area contributed by atoms with E-state index in [1.165, 1.54) is 24.6 Å². The minimum Gasteiger partial charge on any atom is -0.447 e. The molecule has 2 amide bonds. The van der Waals surface area contributed by atoms with Gasteiger partial charge in [-0.05, 0) is 50.4 Å². The quantitative estimate of drug-likeness (QED) is 0.335. The molecule has 1 aliphatic rings. The topological polar surface area (TPSA) is 116 Å². The number of hydrogen-bond acceptors (Lipinski definition) is 6. The van der Waals surface area contributed by atoms with Gasteiger partial charge in [0, 0.05) is 18.2 Å². The van der Waals surface area contributed by atoms with Crippen LogP contribution in [-0.4, -0.2) is 57.1 Å². The van der Waals surface area contributed by atoms with Crippen LogP contribution < -0.4 is 10.6 Å². The zero-order valence-corrected chi connectivity index (χ0v) is 19.4. The SMILES string of the molecule is CCN(CCCCC(NC(=O)c1ccn[nH]1)C(=O)NCc1cnco1)C1CC1c1ccccc1. The van der Waals surface area contributed by atoms with Crippen LogP contribution >= 0.6 is 0 Å². The normalized spacial score (nSPS) is 17.9. The highest BCUT2D eigenvalue weighted by atomic mass is 16.3. The molecular weight excluding hydrogens is 432 g/mol. The molecule has 180 valence electrons. The standard InChI is InChI=1S/C25H32N6O3/c1-2-31(23-14-20(23)18-8-4-3-5-9-18)13-7-6-10-21(29-25(33)22-11-12-28-30-22)24(32)27-16-19-15-26-17-34-19/h3-5,8-9,11-12,15,17,20-21,23H,2,6-7,10,13-14,16H2,1H3,(H,27,32)(H,28,30)(H,29,33). The van der Waals surface area contributed by atoms with E-state index in [1.807, 2.05) is 0 Å². The first-order chi connectivity index (χ1) is 16.7. The number of likely N-dealkylation sites (N-methyl/N-ethyl adjacent to an activating group) is 1. The van der Waals surface area contributed by atoms with Crippen molar-refractivity contribution in [1.82, 2.24) is 30.7 Å². The van der Waals surface area contributed by atoms with Gasteiger partial charge in [0.25, 0.3) is 5.91 Å². The van der Waals surface area contributed by atoms with Crippen molar-refractivity contribution in [1.29, 1.82) is 0 Å². The molecule has 0 spiro atoms. The molecule has 0 bridgehead atoms. The molecule has 9 nitrogen and oxygen atoms in total. The highest BCUT2D eigenvalue weighted by Gasteiger charge is 2.41. The summed E-state index contributed by atoms with van der Waals surface area (Å²) in [5.74, 6) is 0.576. The summed E-state index contributed by atoms with van der Waals surface area (Å²) < 4.78 is 5.18. The monoisotopic (exact) mass is 464 g/mol. The highest BCUT2D eigenvalue weighted by molar-refractivity contribution is 5.95. The van der Waals surface area contributed by atoms with E-state index in [4.69, 9.17) is 4.42 Å². The van der Waals surface area contributed by atoms with E-state index >= 15 is 0 Å². The van der Waals surface area contributed by atoms with Crippen molar-refractivity contribution >= 4 is 11.8 Å². The van der Waals surface area contributed by atoms with E-state index in [-0.39, 0.29) is 18.4 Å². The number of hydrogen-bond donors (Lipinski definition) is 3. The molecule has 1 aromatic carbocycles. The molecule has 1 saturated carbocycles. The maximum atomic E-state index is 12.8. The summed E-state index contributed by atoms with van der Waals surface area (Å²) in [6, 6.07) is 12.2. The van der Waals surface area contributed by atoms with E-state index < -0.39 is 6.04 Å². The zero-order chi connectivity index (χ0) is 23.8. The van der Waals surface area contributed by atoms with Crippen molar-refractivity contribution in [3.8, 4) is 0 Å². The fourth-order valence-corrected chi connectivity index (χ4v) is 4.38. The number of benzene rings is 1. The summed E-state index contributed by atoms with van der Waals surface area (Å²) in [4.78, 5) is 31.7. The largest absolute Gasteiger partial charge is 0.447 e. The van der Waals surface area contributed by atoms with Gasteiger partial charge in [-0.2, -0.15) is 5.10 Å². The Hall–Kier alpha value is -3.46. The molecule has 1 fully saturated rings. The van der Waals surface area contributed by atoms with Gasteiger partial charge in [-0.1, -0.05) is 37.3 Å². The van der Waals surface area contributed by atoms with Crippen LogP contribution in [0.25, 0.3) is 0 Å².